The predicted octanol–water partition coefficient (Wildman–Crippen LogP) is 6.94. The number of sulfonamides is 1. The Balaban J connectivity index is 1.40. The van der Waals surface area contributed by atoms with E-state index < -0.39 is 43.3 Å². The van der Waals surface area contributed by atoms with Crippen LogP contribution in [0, 0.1) is 11.6 Å². The third kappa shape index (κ3) is 6.06. The van der Waals surface area contributed by atoms with E-state index in [0.29, 0.717) is 28.5 Å². The largest absolute Gasteiger partial charge is 0.443 e. The first kappa shape index (κ1) is 29.7. The number of nitrogens with zero attached hydrogens (tertiary/aromatic N) is 3. The van der Waals surface area contributed by atoms with Gasteiger partial charge in [0.05, 0.1) is 11.2 Å². The Morgan fingerprint density at radius 1 is 1.17 bits per heavy atom. The molecule has 0 aliphatic carbocycles. The highest BCUT2D eigenvalue weighted by atomic mass is 35.5. The lowest BCUT2D eigenvalue weighted by Crippen LogP contribution is -2.41. The number of ether oxygens (including phenoxy) is 1. The number of thiazole rings is 1. The summed E-state index contributed by atoms with van der Waals surface area (Å²) in [5.41, 5.74) is 1.67. The molecule has 2 saturated heterocycles. The Labute approximate surface area is 247 Å². The molecule has 2 bridgehead atoms. The standard InChI is InChI=1S/C28H31ClF2N4O4S2/c1-28(2,3)39-27(36)35(24-15-40-16-33-24)41(37,38)23-12-11-22(25(29)26(23)31)32-13-20-17(5-4-6-21(20)30)14-34-18-7-8-19(34)10-9-18/h4-6,11-12,15-16,18-19,32H,7-10,13-14H2,1-3H3. The van der Waals surface area contributed by atoms with Gasteiger partial charge in [-0.3, -0.25) is 4.90 Å². The van der Waals surface area contributed by atoms with Gasteiger partial charge in [-0.2, -0.15) is 0 Å². The van der Waals surface area contributed by atoms with Crippen LogP contribution < -0.4 is 9.62 Å². The van der Waals surface area contributed by atoms with Crippen LogP contribution in [0.2, 0.25) is 5.02 Å². The van der Waals surface area contributed by atoms with Crippen molar-refractivity contribution in [3.8, 4) is 0 Å². The fourth-order valence-electron chi connectivity index (χ4n) is 5.50. The maximum Gasteiger partial charge on any atom is 0.430 e. The molecule has 8 nitrogen and oxygen atoms in total. The second kappa shape index (κ2) is 11.5. The Hall–Kier alpha value is -2.80. The van der Waals surface area contributed by atoms with Gasteiger partial charge < -0.3 is 10.1 Å². The van der Waals surface area contributed by atoms with Gasteiger partial charge in [-0.1, -0.05) is 23.7 Å². The van der Waals surface area contributed by atoms with Crippen LogP contribution in [0.3, 0.4) is 0 Å². The quantitative estimate of drug-likeness (QED) is 0.290. The maximum absolute atomic E-state index is 15.6. The average Bonchev–Trinajstić information content (AvgIpc) is 3.63. The molecule has 3 aromatic rings. The van der Waals surface area contributed by atoms with Crippen LogP contribution in [0.4, 0.5) is 25.1 Å². The molecule has 2 aromatic carbocycles. The van der Waals surface area contributed by atoms with Gasteiger partial charge >= 0.3 is 6.09 Å². The molecule has 13 heteroatoms. The number of anilines is 2. The number of carbonyl (C=O) groups excluding carboxylic acids is 1. The molecular formula is C28H31ClF2N4O4S2. The van der Waals surface area contributed by atoms with Crippen LogP contribution in [0.15, 0.2) is 46.1 Å². The van der Waals surface area contributed by atoms with E-state index in [9.17, 15) is 17.6 Å². The number of fused-ring (bicyclic) bond motifs is 2. The molecule has 1 amide bonds. The Kier molecular flexibility index (Phi) is 8.30. The topological polar surface area (TPSA) is 91.8 Å². The van der Waals surface area contributed by atoms with Crippen molar-refractivity contribution in [2.75, 3.05) is 9.62 Å². The number of nitrogens with one attached hydrogen (secondary N) is 1. The van der Waals surface area contributed by atoms with E-state index in [4.69, 9.17) is 16.3 Å². The minimum Gasteiger partial charge on any atom is -0.443 e. The predicted molar refractivity (Wildman–Crippen MR) is 155 cm³/mol. The van der Waals surface area contributed by atoms with Gasteiger partial charge in [-0.15, -0.1) is 15.6 Å². The highest BCUT2D eigenvalue weighted by Crippen LogP contribution is 2.39. The zero-order valence-electron chi connectivity index (χ0n) is 22.9. The Bertz CT molecular complexity index is 1530. The summed E-state index contributed by atoms with van der Waals surface area (Å²) in [5.74, 6) is -1.89. The first-order chi connectivity index (χ1) is 19.4. The number of hydrogen-bond acceptors (Lipinski definition) is 8. The van der Waals surface area contributed by atoms with Gasteiger partial charge in [-0.25, -0.2) is 27.0 Å². The van der Waals surface area contributed by atoms with Gasteiger partial charge in [0.1, 0.15) is 21.3 Å². The highest BCUT2D eigenvalue weighted by Gasteiger charge is 2.40. The SMILES string of the molecule is CC(C)(C)OC(=O)N(c1cscn1)S(=O)(=O)c1ccc(NCc2c(F)cccc2CN2C3CCC2CC3)c(Cl)c1F. The molecular weight excluding hydrogens is 594 g/mol. The molecule has 0 saturated carbocycles. The van der Waals surface area contributed by atoms with Gasteiger partial charge in [0.25, 0.3) is 10.0 Å². The van der Waals surface area contributed by atoms with Crippen molar-refractivity contribution in [2.24, 2.45) is 0 Å². The normalized spacial score (nSPS) is 19.0. The van der Waals surface area contributed by atoms with Gasteiger partial charge in [-0.05, 0) is 70.2 Å². The summed E-state index contributed by atoms with van der Waals surface area (Å²) in [7, 11) is -4.81. The minimum absolute atomic E-state index is 0.0132. The second-order valence-corrected chi connectivity index (χ2v) is 14.1. The maximum atomic E-state index is 15.6. The Morgan fingerprint density at radius 3 is 2.46 bits per heavy atom. The third-order valence-electron chi connectivity index (χ3n) is 7.38. The molecule has 2 fully saturated rings. The van der Waals surface area contributed by atoms with Crippen molar-refractivity contribution in [1.82, 2.24) is 9.88 Å². The first-order valence-electron chi connectivity index (χ1n) is 13.3. The summed E-state index contributed by atoms with van der Waals surface area (Å²) in [6.45, 7) is 5.36. The molecule has 0 spiro atoms. The molecule has 2 aliphatic heterocycles. The van der Waals surface area contributed by atoms with Crippen LogP contribution in [0.25, 0.3) is 0 Å². The molecule has 3 heterocycles. The van der Waals surface area contributed by atoms with E-state index in [0.717, 1.165) is 48.6 Å². The Morgan fingerprint density at radius 2 is 1.85 bits per heavy atom. The lowest BCUT2D eigenvalue weighted by Gasteiger charge is -2.26. The monoisotopic (exact) mass is 624 g/mol. The van der Waals surface area contributed by atoms with Gasteiger partial charge in [0, 0.05) is 36.1 Å². The van der Waals surface area contributed by atoms with E-state index in [1.54, 1.807) is 26.8 Å². The minimum atomic E-state index is -4.81. The van der Waals surface area contributed by atoms with Crippen LogP contribution in [0.1, 0.15) is 57.6 Å². The van der Waals surface area contributed by atoms with E-state index >= 15 is 4.39 Å². The molecule has 0 radical (unpaired) electrons. The third-order valence-corrected chi connectivity index (χ3v) is 10.0. The number of aromatic nitrogens is 1. The summed E-state index contributed by atoms with van der Waals surface area (Å²) >= 11 is 7.35. The fraction of sp³-hybridized carbons (Fsp3) is 0.429. The molecule has 0 unspecified atom stereocenters. The van der Waals surface area contributed by atoms with Gasteiger partial charge in [0.2, 0.25) is 0 Å². The van der Waals surface area contributed by atoms with Gasteiger partial charge in [0.15, 0.2) is 11.6 Å². The molecule has 2 aliphatic rings. The van der Waals surface area contributed by atoms with Crippen molar-refractivity contribution in [1.29, 1.82) is 0 Å². The van der Waals surface area contributed by atoms with Crippen LogP contribution in [0.5, 0.6) is 0 Å². The summed E-state index contributed by atoms with van der Waals surface area (Å²) in [6, 6.07) is 8.27. The number of benzene rings is 2. The first-order valence-corrected chi connectivity index (χ1v) is 16.0. The zero-order valence-corrected chi connectivity index (χ0v) is 25.3. The lowest BCUT2D eigenvalue weighted by atomic mass is 10.0. The number of amides is 1. The summed E-state index contributed by atoms with van der Waals surface area (Å²) in [4.78, 5) is 18.4. The van der Waals surface area contributed by atoms with E-state index in [1.165, 1.54) is 23.0 Å². The molecule has 0 atom stereocenters. The van der Waals surface area contributed by atoms with Crippen LogP contribution in [-0.2, 0) is 27.8 Å². The van der Waals surface area contributed by atoms with Crippen molar-refractivity contribution in [2.45, 2.75) is 82.1 Å². The number of carbonyl (C=O) groups is 1. The smallest absolute Gasteiger partial charge is 0.430 e. The summed E-state index contributed by atoms with van der Waals surface area (Å²) < 4.78 is 63.2. The average molecular weight is 625 g/mol. The number of rotatable bonds is 8. The molecule has 1 N–H and O–H groups in total. The molecule has 220 valence electrons. The van der Waals surface area contributed by atoms with Crippen molar-refractivity contribution in [3.05, 3.63) is 69.0 Å². The van der Waals surface area contributed by atoms with E-state index in [1.807, 2.05) is 6.07 Å². The van der Waals surface area contributed by atoms with Crippen LogP contribution >= 0.6 is 22.9 Å². The molecule has 1 aromatic heterocycles. The molecule has 5 rings (SSSR count). The fourth-order valence-corrected chi connectivity index (χ4v) is 7.71. The van der Waals surface area contributed by atoms with Crippen molar-refractivity contribution >= 4 is 50.6 Å². The number of hydrogen-bond donors (Lipinski definition) is 1. The van der Waals surface area contributed by atoms with Crippen molar-refractivity contribution in [3.63, 3.8) is 0 Å². The lowest BCUT2D eigenvalue weighted by molar-refractivity contribution is 0.0608. The van der Waals surface area contributed by atoms with E-state index in [-0.39, 0.29) is 18.1 Å². The van der Waals surface area contributed by atoms with Crippen LogP contribution in [-0.4, -0.2) is 42.1 Å². The highest BCUT2D eigenvalue weighted by molar-refractivity contribution is 7.93. The van der Waals surface area contributed by atoms with Crippen molar-refractivity contribution < 1.29 is 26.7 Å². The zero-order chi connectivity index (χ0) is 29.5. The van der Waals surface area contributed by atoms with E-state index in [2.05, 4.69) is 15.2 Å². The summed E-state index contributed by atoms with van der Waals surface area (Å²) in [6.07, 6.45) is 3.40. The summed E-state index contributed by atoms with van der Waals surface area (Å²) in [5, 5.41) is 3.78. The second-order valence-electron chi connectivity index (χ2n) is 11.2. The molecule has 41 heavy (non-hydrogen) atoms. The number of halogens is 3.